The van der Waals surface area contributed by atoms with E-state index in [9.17, 15) is 59.8 Å². The van der Waals surface area contributed by atoms with Gasteiger partial charge < -0.3 is 70.0 Å². The second-order valence-corrected chi connectivity index (χ2v) is 14.0. The molecule has 0 aliphatic carbocycles. The van der Waals surface area contributed by atoms with Crippen LogP contribution in [0.15, 0.2) is 36.4 Å². The van der Waals surface area contributed by atoms with Gasteiger partial charge in [-0.25, -0.2) is 8.78 Å². The van der Waals surface area contributed by atoms with Crippen molar-refractivity contribution in [2.45, 2.75) is 112 Å². The molecule has 1 saturated heterocycles. The van der Waals surface area contributed by atoms with Crippen molar-refractivity contribution in [2.75, 3.05) is 32.8 Å². The summed E-state index contributed by atoms with van der Waals surface area (Å²) in [5.41, 5.74) is 0.0479. The zero-order valence-electron chi connectivity index (χ0n) is 28.6. The molecule has 2 aromatic carbocycles. The summed E-state index contributed by atoms with van der Waals surface area (Å²) < 4.78 is 50.5. The zero-order chi connectivity index (χ0) is 37.9. The summed E-state index contributed by atoms with van der Waals surface area (Å²) in [6, 6.07) is 8.08. The lowest BCUT2D eigenvalue weighted by Gasteiger charge is -2.43. The molecular weight excluding hydrogens is 696 g/mol. The Kier molecular flexibility index (Phi) is 13.4. The lowest BCUT2D eigenvalue weighted by Crippen LogP contribution is -2.62. The minimum Gasteiger partial charge on any atom is -0.487 e. The molecule has 13 atom stereocenters. The van der Waals surface area contributed by atoms with E-state index in [1.54, 1.807) is 6.92 Å². The molecule has 17 heteroatoms. The minimum atomic E-state index is -2.03. The average Bonchev–Trinajstić information content (AvgIpc) is 3.12. The van der Waals surface area contributed by atoms with Crippen molar-refractivity contribution in [2.24, 2.45) is 0 Å². The average molecular weight is 746 g/mol. The molecule has 52 heavy (non-hydrogen) atoms. The van der Waals surface area contributed by atoms with Crippen molar-refractivity contribution in [3.8, 4) is 11.5 Å². The van der Waals surface area contributed by atoms with Crippen LogP contribution in [0.2, 0.25) is 0 Å². The number of halogens is 2. The number of hydrogen-bond donors (Lipinski definition) is 10. The molecule has 1 unspecified atom stereocenters. The van der Waals surface area contributed by atoms with Gasteiger partial charge in [0.05, 0.1) is 19.3 Å². The molecule has 0 radical (unpaired) electrons. The number of ether oxygens (including phenoxy) is 4. The van der Waals surface area contributed by atoms with Crippen molar-refractivity contribution < 1.29 is 78.8 Å². The Balaban J connectivity index is 1.33. The van der Waals surface area contributed by atoms with E-state index in [-0.39, 0.29) is 19.5 Å². The summed E-state index contributed by atoms with van der Waals surface area (Å²) >= 11 is 0. The fourth-order valence-electron chi connectivity index (χ4n) is 6.88. The van der Waals surface area contributed by atoms with Crippen LogP contribution in [0.1, 0.15) is 30.9 Å². The maximum atomic E-state index is 13.8. The third kappa shape index (κ3) is 9.18. The quantitative estimate of drug-likeness (QED) is 0.0925. The fraction of sp³-hybridized carbons (Fsp3) is 0.657. The molecule has 1 fully saturated rings. The molecule has 292 valence electrons. The van der Waals surface area contributed by atoms with Crippen LogP contribution in [0.5, 0.6) is 11.5 Å². The lowest BCUT2D eigenvalue weighted by atomic mass is 9.87. The summed E-state index contributed by atoms with van der Waals surface area (Å²) in [6.45, 7) is -1.08. The van der Waals surface area contributed by atoms with Gasteiger partial charge in [0, 0.05) is 19.6 Å². The molecule has 0 spiro atoms. The fourth-order valence-corrected chi connectivity index (χ4v) is 6.88. The van der Waals surface area contributed by atoms with E-state index in [1.807, 2.05) is 0 Å². The Labute approximate surface area is 298 Å². The van der Waals surface area contributed by atoms with Gasteiger partial charge in [-0.15, -0.1) is 0 Å². The number of fused-ring (bicyclic) bond motifs is 2. The molecule has 0 bridgehead atoms. The Morgan fingerprint density at radius 3 is 2.15 bits per heavy atom. The first-order chi connectivity index (χ1) is 24.6. The van der Waals surface area contributed by atoms with Crippen molar-refractivity contribution >= 4 is 0 Å². The Hall–Kier alpha value is -2.62. The second-order valence-electron chi connectivity index (χ2n) is 14.0. The number of nitrogens with zero attached hydrogens (tertiary/aromatic N) is 1. The van der Waals surface area contributed by atoms with E-state index in [2.05, 4.69) is 0 Å². The van der Waals surface area contributed by atoms with Crippen LogP contribution in [0.4, 0.5) is 8.78 Å². The van der Waals surface area contributed by atoms with Crippen molar-refractivity contribution in [1.82, 2.24) is 4.90 Å². The van der Waals surface area contributed by atoms with Gasteiger partial charge in [0.2, 0.25) is 0 Å². The van der Waals surface area contributed by atoms with Gasteiger partial charge in [-0.05, 0) is 80.1 Å². The molecule has 5 rings (SSSR count). The van der Waals surface area contributed by atoms with Crippen LogP contribution in [0.25, 0.3) is 0 Å². The van der Waals surface area contributed by atoms with Crippen molar-refractivity contribution in [3.63, 3.8) is 0 Å². The van der Waals surface area contributed by atoms with E-state index in [1.165, 1.54) is 41.3 Å². The summed E-state index contributed by atoms with van der Waals surface area (Å²) in [4.78, 5) is 1.43. The third-order valence-electron chi connectivity index (χ3n) is 10.1. The van der Waals surface area contributed by atoms with Gasteiger partial charge in [-0.1, -0.05) is 0 Å². The van der Waals surface area contributed by atoms with Crippen molar-refractivity contribution in [1.29, 1.82) is 0 Å². The van der Waals surface area contributed by atoms with Crippen LogP contribution in [0, 0.1) is 11.6 Å². The summed E-state index contributed by atoms with van der Waals surface area (Å²) in [5, 5.41) is 106. The van der Waals surface area contributed by atoms with Gasteiger partial charge in [-0.2, -0.15) is 0 Å². The topological polar surface area (TPSA) is 242 Å². The largest absolute Gasteiger partial charge is 0.487 e. The highest BCUT2D eigenvalue weighted by Crippen LogP contribution is 2.36. The first kappa shape index (κ1) is 40.6. The highest BCUT2D eigenvalue weighted by Gasteiger charge is 2.47. The monoisotopic (exact) mass is 745 g/mol. The minimum absolute atomic E-state index is 0.235. The van der Waals surface area contributed by atoms with E-state index < -0.39 is 110 Å². The highest BCUT2D eigenvalue weighted by atomic mass is 19.1. The maximum Gasteiger partial charge on any atom is 0.187 e. The van der Waals surface area contributed by atoms with Crippen LogP contribution in [-0.4, -0.2) is 168 Å². The van der Waals surface area contributed by atoms with Gasteiger partial charge >= 0.3 is 0 Å². The maximum absolute atomic E-state index is 13.8. The SMILES string of the molecule is C[C@@]1(C(O)CN(C[C@@H](O)[C@H](O)[C@@H](O[C@H]2O[C@H](CO)[C@H](O)[C@H](O)[C@H]2O)[C@H](O)CO)C[C@@H](O)[C@H]2CCc3cc(F)ccc3O2)CCc2cc(F)ccc2O1. The first-order valence-electron chi connectivity index (χ1n) is 17.3. The van der Waals surface area contributed by atoms with E-state index >= 15 is 0 Å². The second kappa shape index (κ2) is 17.2. The summed E-state index contributed by atoms with van der Waals surface area (Å²) in [7, 11) is 0. The van der Waals surface area contributed by atoms with E-state index in [4.69, 9.17) is 18.9 Å². The Morgan fingerprint density at radius 2 is 1.50 bits per heavy atom. The number of hydrogen-bond acceptors (Lipinski definition) is 15. The van der Waals surface area contributed by atoms with Crippen LogP contribution >= 0.6 is 0 Å². The lowest BCUT2D eigenvalue weighted by molar-refractivity contribution is -0.327. The van der Waals surface area contributed by atoms with Crippen molar-refractivity contribution in [3.05, 3.63) is 59.2 Å². The Bertz CT molecular complexity index is 1470. The molecule has 15 nitrogen and oxygen atoms in total. The van der Waals surface area contributed by atoms with E-state index in [0.29, 0.717) is 41.9 Å². The summed E-state index contributed by atoms with van der Waals surface area (Å²) in [5.74, 6) is -0.0892. The van der Waals surface area contributed by atoms with Crippen LogP contribution < -0.4 is 9.47 Å². The molecule has 3 aliphatic rings. The normalized spacial score (nSPS) is 31.0. The number of rotatable bonds is 15. The van der Waals surface area contributed by atoms with E-state index in [0.717, 1.165) is 0 Å². The molecule has 3 heterocycles. The smallest absolute Gasteiger partial charge is 0.187 e. The number of aliphatic hydroxyl groups excluding tert-OH is 10. The van der Waals surface area contributed by atoms with Gasteiger partial charge in [-0.3, -0.25) is 4.90 Å². The molecule has 10 N–H and O–H groups in total. The first-order valence-corrected chi connectivity index (χ1v) is 17.3. The number of aryl methyl sites for hydroxylation is 2. The van der Waals surface area contributed by atoms with Crippen LogP contribution in [-0.2, 0) is 22.3 Å². The number of benzene rings is 2. The van der Waals surface area contributed by atoms with Gasteiger partial charge in [0.15, 0.2) is 6.29 Å². The highest BCUT2D eigenvalue weighted by molar-refractivity contribution is 5.37. The number of aliphatic hydroxyl groups is 10. The van der Waals surface area contributed by atoms with Gasteiger partial charge in [0.1, 0.15) is 89.8 Å². The van der Waals surface area contributed by atoms with Crippen LogP contribution in [0.3, 0.4) is 0 Å². The molecule has 3 aliphatic heterocycles. The molecule has 0 saturated carbocycles. The molecule has 2 aromatic rings. The standard InChI is InChI=1S/C35H49F2NO14/c1-35(9-8-18-11-20(37)4-7-25(18)52-35)28(44)14-38(12-21(41)26-5-2-17-10-19(36)3-6-24(17)49-26)13-22(42)29(45)33(23(43)15-39)51-34-32(48)31(47)30(46)27(16-40)50-34/h3-4,6-7,10-11,21-23,26-34,39-48H,2,5,8-9,12-16H2,1H3/t21-,22-,23-,26-,27-,28?,29+,30+,31+,32-,33+,34-,35+/m1/s1. The molecule has 0 amide bonds. The van der Waals surface area contributed by atoms with Gasteiger partial charge in [0.25, 0.3) is 0 Å². The summed E-state index contributed by atoms with van der Waals surface area (Å²) in [6.07, 6.45) is -18.2. The Morgan fingerprint density at radius 1 is 0.846 bits per heavy atom. The predicted octanol–water partition coefficient (Wildman–Crippen LogP) is -2.27. The molecule has 0 aromatic heterocycles. The third-order valence-corrected chi connectivity index (χ3v) is 10.1. The molecular formula is C35H49F2NO14. The predicted molar refractivity (Wildman–Crippen MR) is 175 cm³/mol. The zero-order valence-corrected chi connectivity index (χ0v) is 28.6.